The molecule has 7 heteroatoms. The minimum atomic E-state index is -0.470. The summed E-state index contributed by atoms with van der Waals surface area (Å²) in [4.78, 5) is 30.7. The molecular weight excluding hydrogens is 332 g/mol. The molecule has 7 nitrogen and oxygen atoms in total. The van der Waals surface area contributed by atoms with E-state index in [9.17, 15) is 9.59 Å². The van der Waals surface area contributed by atoms with Crippen LogP contribution in [-0.4, -0.2) is 50.0 Å². The number of fused-ring (bicyclic) bond motifs is 1. The fourth-order valence-corrected chi connectivity index (χ4v) is 3.77. The number of ether oxygens (including phenoxy) is 1. The molecule has 1 aromatic heterocycles. The first kappa shape index (κ1) is 16.8. The lowest BCUT2D eigenvalue weighted by atomic mass is 9.82. The van der Waals surface area contributed by atoms with Crippen LogP contribution >= 0.6 is 0 Å². The fourth-order valence-electron chi connectivity index (χ4n) is 3.77. The summed E-state index contributed by atoms with van der Waals surface area (Å²) in [6.45, 7) is 3.73. The quantitative estimate of drug-likeness (QED) is 0.842. The van der Waals surface area contributed by atoms with Gasteiger partial charge in [0.05, 0.1) is 18.5 Å². The number of hydrogen-bond acceptors (Lipinski definition) is 5. The van der Waals surface area contributed by atoms with Crippen molar-refractivity contribution < 1.29 is 14.3 Å². The number of Topliss-reactive ketones (excluding diaryl/α,β-unsaturated/α-hetero) is 1. The normalized spacial score (nSPS) is 18.5. The molecule has 3 heterocycles. The first-order valence-corrected chi connectivity index (χ1v) is 8.98. The predicted octanol–water partition coefficient (Wildman–Crippen LogP) is 2.00. The molecule has 0 N–H and O–H groups in total. The molecule has 0 bridgehead atoms. The lowest BCUT2D eigenvalue weighted by molar-refractivity contribution is -0.135. The largest absolute Gasteiger partial charge is 0.486 e. The van der Waals surface area contributed by atoms with Gasteiger partial charge in [0.1, 0.15) is 24.0 Å². The van der Waals surface area contributed by atoms with E-state index in [2.05, 4.69) is 10.1 Å². The van der Waals surface area contributed by atoms with E-state index in [1.165, 1.54) is 6.33 Å². The number of ketones is 1. The lowest BCUT2D eigenvalue weighted by Gasteiger charge is -2.44. The van der Waals surface area contributed by atoms with E-state index in [4.69, 9.17) is 4.74 Å². The van der Waals surface area contributed by atoms with Gasteiger partial charge < -0.3 is 9.64 Å². The Balaban J connectivity index is 1.38. The monoisotopic (exact) mass is 354 g/mol. The van der Waals surface area contributed by atoms with Crippen molar-refractivity contribution in [2.45, 2.75) is 44.8 Å². The maximum atomic E-state index is 12.6. The van der Waals surface area contributed by atoms with E-state index in [1.54, 1.807) is 11.0 Å². The predicted molar refractivity (Wildman–Crippen MR) is 93.9 cm³/mol. The molecule has 2 aliphatic rings. The third kappa shape index (κ3) is 3.21. The topological polar surface area (TPSA) is 77.3 Å². The van der Waals surface area contributed by atoms with Crippen molar-refractivity contribution in [1.29, 1.82) is 0 Å². The summed E-state index contributed by atoms with van der Waals surface area (Å²) in [5.41, 5.74) is 1.27. The van der Waals surface area contributed by atoms with Gasteiger partial charge in [-0.15, -0.1) is 0 Å². The highest BCUT2D eigenvalue weighted by Gasteiger charge is 2.43. The van der Waals surface area contributed by atoms with Crippen LogP contribution in [0.2, 0.25) is 0 Å². The number of rotatable bonds is 3. The minimum Gasteiger partial charge on any atom is -0.486 e. The second kappa shape index (κ2) is 6.55. The molecule has 1 fully saturated rings. The third-order valence-electron chi connectivity index (χ3n) is 5.29. The molecule has 2 aromatic rings. The van der Waals surface area contributed by atoms with Gasteiger partial charge in [-0.2, -0.15) is 5.10 Å². The molecule has 4 rings (SSSR count). The Morgan fingerprint density at radius 2 is 2.12 bits per heavy atom. The number of benzene rings is 1. The maximum absolute atomic E-state index is 12.6. The minimum absolute atomic E-state index is 0.105. The summed E-state index contributed by atoms with van der Waals surface area (Å²) in [6, 6.07) is 5.75. The molecule has 1 amide bonds. The van der Waals surface area contributed by atoms with Crippen molar-refractivity contribution in [1.82, 2.24) is 19.7 Å². The first-order valence-electron chi connectivity index (χ1n) is 8.98. The van der Waals surface area contributed by atoms with Gasteiger partial charge in [0.15, 0.2) is 5.78 Å². The van der Waals surface area contributed by atoms with E-state index in [-0.39, 0.29) is 11.7 Å². The summed E-state index contributed by atoms with van der Waals surface area (Å²) in [5, 5.41) is 4.01. The Hall–Kier alpha value is -2.70. The van der Waals surface area contributed by atoms with Crippen molar-refractivity contribution in [2.24, 2.45) is 0 Å². The standard InChI is InChI=1S/C19H22N4O3/c1-14-2-3-17-15(10-14)16(24)11-19(26-17)5-8-22(9-6-19)18(25)4-7-23-13-20-12-21-23/h2-3,10,12-13H,4-9,11H2,1H3. The molecule has 1 aromatic carbocycles. The van der Waals surface area contributed by atoms with Crippen LogP contribution in [0.5, 0.6) is 5.75 Å². The number of amides is 1. The summed E-state index contributed by atoms with van der Waals surface area (Å²) in [6.07, 6.45) is 5.23. The second-order valence-electron chi connectivity index (χ2n) is 7.17. The zero-order chi connectivity index (χ0) is 18.1. The van der Waals surface area contributed by atoms with Crippen LogP contribution in [0.3, 0.4) is 0 Å². The van der Waals surface area contributed by atoms with Gasteiger partial charge in [0.2, 0.25) is 5.91 Å². The Bertz CT molecular complexity index is 823. The van der Waals surface area contributed by atoms with Crippen molar-refractivity contribution in [3.05, 3.63) is 42.0 Å². The van der Waals surface area contributed by atoms with Crippen molar-refractivity contribution in [2.75, 3.05) is 13.1 Å². The van der Waals surface area contributed by atoms with Crippen molar-refractivity contribution in [3.8, 4) is 5.75 Å². The average Bonchev–Trinajstić information content (AvgIpc) is 3.15. The summed E-state index contributed by atoms with van der Waals surface area (Å²) in [5.74, 6) is 0.923. The molecular formula is C19H22N4O3. The van der Waals surface area contributed by atoms with E-state index < -0.39 is 5.60 Å². The van der Waals surface area contributed by atoms with Crippen LogP contribution in [0, 0.1) is 6.92 Å². The number of carbonyl (C=O) groups is 2. The van der Waals surface area contributed by atoms with Crippen LogP contribution in [0.1, 0.15) is 41.6 Å². The summed E-state index contributed by atoms with van der Waals surface area (Å²) >= 11 is 0. The molecule has 0 aliphatic carbocycles. The van der Waals surface area contributed by atoms with Crippen molar-refractivity contribution >= 4 is 11.7 Å². The van der Waals surface area contributed by atoms with E-state index in [0.717, 1.165) is 5.56 Å². The maximum Gasteiger partial charge on any atom is 0.224 e. The highest BCUT2D eigenvalue weighted by molar-refractivity contribution is 6.00. The Labute approximate surface area is 152 Å². The van der Waals surface area contributed by atoms with Crippen LogP contribution in [-0.2, 0) is 11.3 Å². The molecule has 1 spiro atoms. The number of aryl methyl sites for hydroxylation is 2. The zero-order valence-corrected chi connectivity index (χ0v) is 14.9. The lowest BCUT2D eigenvalue weighted by Crippen LogP contribution is -2.52. The zero-order valence-electron chi connectivity index (χ0n) is 14.9. The van der Waals surface area contributed by atoms with Crippen LogP contribution in [0.4, 0.5) is 0 Å². The van der Waals surface area contributed by atoms with Crippen molar-refractivity contribution in [3.63, 3.8) is 0 Å². The first-order chi connectivity index (χ1) is 12.5. The SMILES string of the molecule is Cc1ccc2c(c1)C(=O)CC1(CCN(C(=O)CCn3cncn3)CC1)O2. The Morgan fingerprint density at radius 3 is 2.85 bits per heavy atom. The van der Waals surface area contributed by atoms with Gasteiger partial charge in [-0.1, -0.05) is 11.6 Å². The van der Waals surface area contributed by atoms with Crippen LogP contribution in [0.25, 0.3) is 0 Å². The molecule has 0 radical (unpaired) electrons. The molecule has 1 saturated heterocycles. The van der Waals surface area contributed by atoms with Gasteiger partial charge in [0.25, 0.3) is 0 Å². The van der Waals surface area contributed by atoms with Gasteiger partial charge in [-0.3, -0.25) is 14.3 Å². The van der Waals surface area contributed by atoms with Gasteiger partial charge in [-0.05, 0) is 19.1 Å². The van der Waals surface area contributed by atoms with E-state index >= 15 is 0 Å². The van der Waals surface area contributed by atoms with Gasteiger partial charge in [-0.25, -0.2) is 4.98 Å². The smallest absolute Gasteiger partial charge is 0.224 e. The van der Waals surface area contributed by atoms with Crippen LogP contribution in [0.15, 0.2) is 30.9 Å². The van der Waals surface area contributed by atoms with Gasteiger partial charge >= 0.3 is 0 Å². The number of piperidine rings is 1. The number of carbonyl (C=O) groups excluding carboxylic acids is 2. The molecule has 0 saturated carbocycles. The molecule has 0 atom stereocenters. The van der Waals surface area contributed by atoms with Crippen LogP contribution < -0.4 is 4.74 Å². The Kier molecular flexibility index (Phi) is 4.22. The Morgan fingerprint density at radius 1 is 1.31 bits per heavy atom. The number of likely N-dealkylation sites (tertiary alicyclic amines) is 1. The third-order valence-corrected chi connectivity index (χ3v) is 5.29. The number of aromatic nitrogens is 3. The highest BCUT2D eigenvalue weighted by Crippen LogP contribution is 2.39. The molecule has 2 aliphatic heterocycles. The summed E-state index contributed by atoms with van der Waals surface area (Å²) < 4.78 is 7.91. The molecule has 0 unspecified atom stereocenters. The summed E-state index contributed by atoms with van der Waals surface area (Å²) in [7, 11) is 0. The molecule has 26 heavy (non-hydrogen) atoms. The van der Waals surface area contributed by atoms with E-state index in [1.807, 2.05) is 30.0 Å². The van der Waals surface area contributed by atoms with Gasteiger partial charge in [0, 0.05) is 32.4 Å². The second-order valence-corrected chi connectivity index (χ2v) is 7.17. The average molecular weight is 354 g/mol. The highest BCUT2D eigenvalue weighted by atomic mass is 16.5. The fraction of sp³-hybridized carbons (Fsp3) is 0.474. The number of nitrogens with zero attached hydrogens (tertiary/aromatic N) is 4. The molecule has 136 valence electrons. The number of hydrogen-bond donors (Lipinski definition) is 0. The van der Waals surface area contributed by atoms with E-state index in [0.29, 0.717) is 56.6 Å².